The molecular formula is C20H24N2O3. The van der Waals surface area contributed by atoms with Gasteiger partial charge in [-0.05, 0) is 37.1 Å². The molecule has 0 saturated carbocycles. The van der Waals surface area contributed by atoms with Crippen molar-refractivity contribution in [2.75, 3.05) is 11.9 Å². The Bertz CT molecular complexity index is 701. The number of para-hydroxylation sites is 2. The Kier molecular flexibility index (Phi) is 7.01. The molecule has 2 amide bonds. The van der Waals surface area contributed by atoms with Gasteiger partial charge in [-0.25, -0.2) is 0 Å². The van der Waals surface area contributed by atoms with Crippen LogP contribution in [0.1, 0.15) is 37.0 Å². The fraction of sp³-hybridized carbons (Fsp3) is 0.300. The molecule has 2 rings (SSSR count). The van der Waals surface area contributed by atoms with Gasteiger partial charge in [0.1, 0.15) is 5.75 Å². The molecule has 0 fully saturated rings. The lowest BCUT2D eigenvalue weighted by Gasteiger charge is -2.18. The molecule has 0 aromatic heterocycles. The summed E-state index contributed by atoms with van der Waals surface area (Å²) in [6.07, 6.45) is 0.739. The van der Waals surface area contributed by atoms with E-state index in [-0.39, 0.29) is 11.8 Å². The number of benzene rings is 2. The molecule has 1 unspecified atom stereocenters. The van der Waals surface area contributed by atoms with Crippen molar-refractivity contribution in [1.29, 1.82) is 0 Å². The van der Waals surface area contributed by atoms with Crippen LogP contribution in [0, 0.1) is 0 Å². The Morgan fingerprint density at radius 1 is 1.00 bits per heavy atom. The zero-order valence-corrected chi connectivity index (χ0v) is 14.6. The molecule has 2 aromatic carbocycles. The average molecular weight is 340 g/mol. The molecule has 2 N–H and O–H groups in total. The third kappa shape index (κ3) is 5.35. The second-order valence-electron chi connectivity index (χ2n) is 5.62. The molecule has 0 bridgehead atoms. The molecule has 132 valence electrons. The predicted octanol–water partition coefficient (Wildman–Crippen LogP) is 3.62. The lowest BCUT2D eigenvalue weighted by molar-refractivity contribution is -0.122. The molecule has 0 aliphatic heterocycles. The average Bonchev–Trinajstić information content (AvgIpc) is 2.65. The zero-order valence-electron chi connectivity index (χ0n) is 14.6. The van der Waals surface area contributed by atoms with Crippen LogP contribution in [0.3, 0.4) is 0 Å². The summed E-state index contributed by atoms with van der Waals surface area (Å²) in [5.74, 6) is 0.162. The van der Waals surface area contributed by atoms with Crippen LogP contribution < -0.4 is 15.4 Å². The van der Waals surface area contributed by atoms with Gasteiger partial charge < -0.3 is 15.4 Å². The van der Waals surface area contributed by atoms with Gasteiger partial charge in [-0.1, -0.05) is 44.2 Å². The van der Waals surface area contributed by atoms with Gasteiger partial charge in [0.2, 0.25) is 0 Å². The van der Waals surface area contributed by atoms with Gasteiger partial charge in [-0.2, -0.15) is 0 Å². The molecule has 0 radical (unpaired) electrons. The fourth-order valence-corrected chi connectivity index (χ4v) is 2.32. The number of amides is 2. The number of nitrogens with one attached hydrogen (secondary N) is 2. The van der Waals surface area contributed by atoms with E-state index in [4.69, 9.17) is 4.74 Å². The van der Waals surface area contributed by atoms with Gasteiger partial charge >= 0.3 is 0 Å². The number of rotatable bonds is 8. The van der Waals surface area contributed by atoms with Crippen molar-refractivity contribution in [2.24, 2.45) is 0 Å². The van der Waals surface area contributed by atoms with Crippen molar-refractivity contribution in [3.8, 4) is 5.75 Å². The van der Waals surface area contributed by atoms with Gasteiger partial charge in [0, 0.05) is 6.54 Å². The summed E-state index contributed by atoms with van der Waals surface area (Å²) in [5.41, 5.74) is 0.926. The Labute approximate surface area is 148 Å². The molecule has 5 nitrogen and oxygen atoms in total. The molecule has 0 saturated heterocycles. The Hall–Kier alpha value is -2.82. The molecule has 5 heteroatoms. The second-order valence-corrected chi connectivity index (χ2v) is 5.62. The standard InChI is InChI=1S/C20H24N2O3/c1-3-14-21-19(23)16-12-8-9-13-17(16)22-20(24)18(4-2)25-15-10-6-5-7-11-15/h5-13,18H,3-4,14H2,1-2H3,(H,21,23)(H,22,24). The van der Waals surface area contributed by atoms with E-state index in [1.54, 1.807) is 24.3 Å². The van der Waals surface area contributed by atoms with Crippen LogP contribution in [-0.4, -0.2) is 24.5 Å². The van der Waals surface area contributed by atoms with E-state index in [1.165, 1.54) is 0 Å². The Morgan fingerprint density at radius 2 is 1.68 bits per heavy atom. The number of carbonyl (C=O) groups is 2. The van der Waals surface area contributed by atoms with E-state index in [2.05, 4.69) is 10.6 Å². The number of carbonyl (C=O) groups excluding carboxylic acids is 2. The highest BCUT2D eigenvalue weighted by Gasteiger charge is 2.20. The van der Waals surface area contributed by atoms with Crippen molar-refractivity contribution in [3.05, 3.63) is 60.2 Å². The quantitative estimate of drug-likeness (QED) is 0.771. The van der Waals surface area contributed by atoms with Crippen LogP contribution in [0.5, 0.6) is 5.75 Å². The lowest BCUT2D eigenvalue weighted by Crippen LogP contribution is -2.33. The minimum Gasteiger partial charge on any atom is -0.481 e. The van der Waals surface area contributed by atoms with E-state index in [0.717, 1.165) is 6.42 Å². The molecular weight excluding hydrogens is 316 g/mol. The first kappa shape index (κ1) is 18.5. The summed E-state index contributed by atoms with van der Waals surface area (Å²) in [6.45, 7) is 4.46. The smallest absolute Gasteiger partial charge is 0.265 e. The minimum atomic E-state index is -0.630. The number of hydrogen-bond donors (Lipinski definition) is 2. The topological polar surface area (TPSA) is 67.4 Å². The summed E-state index contributed by atoms with van der Waals surface area (Å²) >= 11 is 0. The number of anilines is 1. The largest absolute Gasteiger partial charge is 0.481 e. The summed E-state index contributed by atoms with van der Waals surface area (Å²) in [4.78, 5) is 24.8. The van der Waals surface area contributed by atoms with Gasteiger partial charge in [-0.3, -0.25) is 9.59 Å². The number of ether oxygens (including phenoxy) is 1. The highest BCUT2D eigenvalue weighted by atomic mass is 16.5. The van der Waals surface area contributed by atoms with Crippen LogP contribution in [0.4, 0.5) is 5.69 Å². The molecule has 1 atom stereocenters. The normalized spacial score (nSPS) is 11.4. The van der Waals surface area contributed by atoms with Crippen molar-refractivity contribution in [2.45, 2.75) is 32.8 Å². The fourth-order valence-electron chi connectivity index (χ4n) is 2.32. The van der Waals surface area contributed by atoms with Crippen LogP contribution in [0.2, 0.25) is 0 Å². The maximum atomic E-state index is 12.6. The maximum Gasteiger partial charge on any atom is 0.265 e. The highest BCUT2D eigenvalue weighted by molar-refractivity contribution is 6.04. The molecule has 25 heavy (non-hydrogen) atoms. The molecule has 0 spiro atoms. The zero-order chi connectivity index (χ0) is 18.1. The summed E-state index contributed by atoms with van der Waals surface area (Å²) < 4.78 is 5.75. The van der Waals surface area contributed by atoms with E-state index in [1.807, 2.05) is 44.2 Å². The van der Waals surface area contributed by atoms with Crippen LogP contribution in [0.15, 0.2) is 54.6 Å². The monoisotopic (exact) mass is 340 g/mol. The first-order valence-electron chi connectivity index (χ1n) is 8.55. The number of hydrogen-bond acceptors (Lipinski definition) is 3. The summed E-state index contributed by atoms with van der Waals surface area (Å²) in [6, 6.07) is 16.2. The maximum absolute atomic E-state index is 12.6. The molecule has 0 aliphatic rings. The van der Waals surface area contributed by atoms with Crippen LogP contribution in [0.25, 0.3) is 0 Å². The molecule has 0 heterocycles. The van der Waals surface area contributed by atoms with Gasteiger partial charge in [0.25, 0.3) is 11.8 Å². The minimum absolute atomic E-state index is 0.199. The van der Waals surface area contributed by atoms with Crippen LogP contribution in [-0.2, 0) is 4.79 Å². The highest BCUT2D eigenvalue weighted by Crippen LogP contribution is 2.18. The summed E-state index contributed by atoms with van der Waals surface area (Å²) in [5, 5.41) is 5.64. The first-order valence-corrected chi connectivity index (χ1v) is 8.55. The van der Waals surface area contributed by atoms with Crippen molar-refractivity contribution >= 4 is 17.5 Å². The predicted molar refractivity (Wildman–Crippen MR) is 98.8 cm³/mol. The summed E-state index contributed by atoms with van der Waals surface area (Å²) in [7, 11) is 0. The Morgan fingerprint density at radius 3 is 2.36 bits per heavy atom. The second kappa shape index (κ2) is 9.47. The molecule has 0 aliphatic carbocycles. The molecule has 2 aromatic rings. The van der Waals surface area contributed by atoms with E-state index < -0.39 is 6.10 Å². The van der Waals surface area contributed by atoms with E-state index in [0.29, 0.717) is 30.0 Å². The SMILES string of the molecule is CCCNC(=O)c1ccccc1NC(=O)C(CC)Oc1ccccc1. The lowest BCUT2D eigenvalue weighted by atomic mass is 10.1. The Balaban J connectivity index is 2.09. The third-order valence-corrected chi connectivity index (χ3v) is 3.65. The van der Waals surface area contributed by atoms with Crippen LogP contribution >= 0.6 is 0 Å². The van der Waals surface area contributed by atoms with Crippen molar-refractivity contribution in [1.82, 2.24) is 5.32 Å². The third-order valence-electron chi connectivity index (χ3n) is 3.65. The first-order chi connectivity index (χ1) is 12.2. The van der Waals surface area contributed by atoms with Crippen molar-refractivity contribution < 1.29 is 14.3 Å². The van der Waals surface area contributed by atoms with E-state index in [9.17, 15) is 9.59 Å². The van der Waals surface area contributed by atoms with Crippen molar-refractivity contribution in [3.63, 3.8) is 0 Å². The van der Waals surface area contributed by atoms with E-state index >= 15 is 0 Å². The van der Waals surface area contributed by atoms with Gasteiger partial charge in [0.05, 0.1) is 11.3 Å². The van der Waals surface area contributed by atoms with Gasteiger partial charge in [0.15, 0.2) is 6.10 Å². The van der Waals surface area contributed by atoms with Gasteiger partial charge in [-0.15, -0.1) is 0 Å².